The van der Waals surface area contributed by atoms with Gasteiger partial charge in [-0.05, 0) is 19.3 Å². The summed E-state index contributed by atoms with van der Waals surface area (Å²) in [7, 11) is 0. The van der Waals surface area contributed by atoms with E-state index in [1.807, 2.05) is 17.5 Å². The second-order valence-electron chi connectivity index (χ2n) is 4.23. The van der Waals surface area contributed by atoms with E-state index in [0.717, 1.165) is 13.0 Å². The molecule has 92 valence electrons. The third kappa shape index (κ3) is 4.62. The van der Waals surface area contributed by atoms with E-state index in [1.54, 1.807) is 0 Å². The normalized spacial score (nSPS) is 11.2. The zero-order chi connectivity index (χ0) is 11.8. The van der Waals surface area contributed by atoms with Crippen LogP contribution in [0.25, 0.3) is 0 Å². The van der Waals surface area contributed by atoms with Gasteiger partial charge in [0.2, 0.25) is 0 Å². The topological polar surface area (TPSA) is 24.9 Å². The van der Waals surface area contributed by atoms with E-state index < -0.39 is 0 Å². The second-order valence-corrected chi connectivity index (χ2v) is 5.43. The number of thiazole rings is 1. The summed E-state index contributed by atoms with van der Waals surface area (Å²) >= 11 is 1.84. The molecule has 0 amide bonds. The van der Waals surface area contributed by atoms with Crippen molar-refractivity contribution in [2.24, 2.45) is 0 Å². The molecule has 0 aliphatic carbocycles. The maximum Gasteiger partial charge on any atom is 0.107 e. The Morgan fingerprint density at radius 2 is 1.94 bits per heavy atom. The minimum absolute atomic E-state index is 0.670. The van der Waals surface area contributed by atoms with Gasteiger partial charge in [-0.2, -0.15) is 0 Å². The molecule has 1 aromatic heterocycles. The van der Waals surface area contributed by atoms with E-state index in [1.165, 1.54) is 35.6 Å². The quantitative estimate of drug-likeness (QED) is 0.748. The molecule has 2 nitrogen and oxygen atoms in total. The van der Waals surface area contributed by atoms with Crippen LogP contribution >= 0.6 is 11.3 Å². The van der Waals surface area contributed by atoms with E-state index in [4.69, 9.17) is 0 Å². The van der Waals surface area contributed by atoms with Gasteiger partial charge < -0.3 is 5.32 Å². The van der Waals surface area contributed by atoms with Crippen LogP contribution in [0, 0.1) is 0 Å². The lowest BCUT2D eigenvalue weighted by atomic mass is 10.1. The molecule has 0 aliphatic rings. The molecule has 1 rings (SSSR count). The van der Waals surface area contributed by atoms with Crippen LogP contribution < -0.4 is 5.32 Å². The van der Waals surface area contributed by atoms with Gasteiger partial charge in [0.25, 0.3) is 0 Å². The molecule has 0 fully saturated rings. The van der Waals surface area contributed by atoms with E-state index >= 15 is 0 Å². The fraction of sp³-hybridized carbons (Fsp3) is 0.769. The summed E-state index contributed by atoms with van der Waals surface area (Å²) in [5.74, 6) is 0. The zero-order valence-corrected chi connectivity index (χ0v) is 11.6. The summed E-state index contributed by atoms with van der Waals surface area (Å²) < 4.78 is 0. The van der Waals surface area contributed by atoms with E-state index in [9.17, 15) is 0 Å². The van der Waals surface area contributed by atoms with Gasteiger partial charge in [-0.1, -0.05) is 33.6 Å². The highest BCUT2D eigenvalue weighted by molar-refractivity contribution is 7.11. The van der Waals surface area contributed by atoms with Gasteiger partial charge in [0.15, 0.2) is 0 Å². The molecular formula is C13H24N2S. The van der Waals surface area contributed by atoms with Crippen LogP contribution in [-0.2, 0) is 13.0 Å². The first kappa shape index (κ1) is 13.7. The number of rotatable bonds is 8. The highest BCUT2D eigenvalue weighted by Crippen LogP contribution is 2.14. The van der Waals surface area contributed by atoms with Crippen molar-refractivity contribution in [3.63, 3.8) is 0 Å². The van der Waals surface area contributed by atoms with Crippen LogP contribution in [0.1, 0.15) is 56.3 Å². The van der Waals surface area contributed by atoms with Crippen molar-refractivity contribution in [3.05, 3.63) is 16.1 Å². The summed E-state index contributed by atoms with van der Waals surface area (Å²) in [5.41, 5.74) is 0. The molecule has 0 atom stereocenters. The molecule has 0 saturated carbocycles. The molecular weight excluding hydrogens is 216 g/mol. The van der Waals surface area contributed by atoms with Crippen LogP contribution in [0.2, 0.25) is 0 Å². The average Bonchev–Trinajstić information content (AvgIpc) is 2.74. The van der Waals surface area contributed by atoms with Gasteiger partial charge in [0, 0.05) is 23.7 Å². The number of hydrogen-bond donors (Lipinski definition) is 1. The summed E-state index contributed by atoms with van der Waals surface area (Å²) in [4.78, 5) is 5.82. The largest absolute Gasteiger partial charge is 0.308 e. The Bertz CT molecular complexity index is 277. The monoisotopic (exact) mass is 240 g/mol. The fourth-order valence-corrected chi connectivity index (χ4v) is 2.68. The smallest absolute Gasteiger partial charge is 0.107 e. The standard InChI is InChI=1S/C13H24N2S/c1-4-7-11(8-5-2)14-10-13-15-9-12(6-3)16-13/h9,11,14H,4-8,10H2,1-3H3. The number of hydrogen-bond acceptors (Lipinski definition) is 3. The third-order valence-electron chi connectivity index (χ3n) is 2.77. The minimum atomic E-state index is 0.670. The molecule has 0 saturated heterocycles. The molecule has 0 bridgehead atoms. The van der Waals surface area contributed by atoms with Gasteiger partial charge in [-0.3, -0.25) is 0 Å². The van der Waals surface area contributed by atoms with Gasteiger partial charge in [0.1, 0.15) is 5.01 Å². The summed E-state index contributed by atoms with van der Waals surface area (Å²) in [5, 5.41) is 4.85. The molecule has 0 aromatic carbocycles. The SMILES string of the molecule is CCCC(CCC)NCc1ncc(CC)s1. The van der Waals surface area contributed by atoms with Crippen LogP contribution in [0.3, 0.4) is 0 Å². The molecule has 0 spiro atoms. The molecule has 3 heteroatoms. The molecule has 0 radical (unpaired) electrons. The average molecular weight is 240 g/mol. The molecule has 16 heavy (non-hydrogen) atoms. The second kappa shape index (κ2) is 7.80. The summed E-state index contributed by atoms with van der Waals surface area (Å²) in [6.07, 6.45) is 8.19. The van der Waals surface area contributed by atoms with Crippen molar-refractivity contribution in [2.45, 2.75) is 65.5 Å². The lowest BCUT2D eigenvalue weighted by Crippen LogP contribution is -2.28. The number of aryl methyl sites for hydroxylation is 1. The fourth-order valence-electron chi connectivity index (χ4n) is 1.87. The Morgan fingerprint density at radius 3 is 2.44 bits per heavy atom. The van der Waals surface area contributed by atoms with Crippen molar-refractivity contribution in [1.29, 1.82) is 0 Å². The van der Waals surface area contributed by atoms with Crippen LogP contribution in [0.4, 0.5) is 0 Å². The molecule has 1 N–H and O–H groups in total. The maximum absolute atomic E-state index is 4.44. The van der Waals surface area contributed by atoms with E-state index in [2.05, 4.69) is 31.1 Å². The van der Waals surface area contributed by atoms with E-state index in [-0.39, 0.29) is 0 Å². The van der Waals surface area contributed by atoms with Gasteiger partial charge >= 0.3 is 0 Å². The Kier molecular flexibility index (Phi) is 6.65. The summed E-state index contributed by atoms with van der Waals surface area (Å²) in [6.45, 7) is 7.63. The maximum atomic E-state index is 4.44. The first-order valence-electron chi connectivity index (χ1n) is 6.47. The lowest BCUT2D eigenvalue weighted by Gasteiger charge is -2.16. The highest BCUT2D eigenvalue weighted by Gasteiger charge is 2.07. The predicted molar refractivity (Wildman–Crippen MR) is 71.9 cm³/mol. The van der Waals surface area contributed by atoms with Gasteiger partial charge in [-0.25, -0.2) is 4.98 Å². The van der Waals surface area contributed by atoms with Crippen LogP contribution in [0.5, 0.6) is 0 Å². The van der Waals surface area contributed by atoms with Crippen molar-refractivity contribution in [3.8, 4) is 0 Å². The zero-order valence-electron chi connectivity index (χ0n) is 10.8. The number of aromatic nitrogens is 1. The Morgan fingerprint density at radius 1 is 1.25 bits per heavy atom. The molecule has 1 aromatic rings. The first-order chi connectivity index (χ1) is 7.80. The van der Waals surface area contributed by atoms with Crippen molar-refractivity contribution in [2.75, 3.05) is 0 Å². The van der Waals surface area contributed by atoms with Gasteiger partial charge in [-0.15, -0.1) is 11.3 Å². The number of nitrogens with one attached hydrogen (secondary N) is 1. The Hall–Kier alpha value is -0.410. The third-order valence-corrected chi connectivity index (χ3v) is 3.91. The van der Waals surface area contributed by atoms with Crippen molar-refractivity contribution >= 4 is 11.3 Å². The lowest BCUT2D eigenvalue weighted by molar-refractivity contribution is 0.443. The Balaban J connectivity index is 2.35. The molecule has 1 heterocycles. The van der Waals surface area contributed by atoms with Crippen molar-refractivity contribution in [1.82, 2.24) is 10.3 Å². The summed E-state index contributed by atoms with van der Waals surface area (Å²) in [6, 6.07) is 0.670. The highest BCUT2D eigenvalue weighted by atomic mass is 32.1. The molecule has 0 unspecified atom stereocenters. The number of nitrogens with zero attached hydrogens (tertiary/aromatic N) is 1. The van der Waals surface area contributed by atoms with Gasteiger partial charge in [0.05, 0.1) is 0 Å². The molecule has 0 aliphatic heterocycles. The van der Waals surface area contributed by atoms with E-state index in [0.29, 0.717) is 6.04 Å². The first-order valence-corrected chi connectivity index (χ1v) is 7.28. The predicted octanol–water partition coefficient (Wildman–Crippen LogP) is 3.76. The Labute approximate surface area is 103 Å². The van der Waals surface area contributed by atoms with Crippen LogP contribution in [0.15, 0.2) is 6.20 Å². The minimum Gasteiger partial charge on any atom is -0.308 e. The van der Waals surface area contributed by atoms with Crippen LogP contribution in [-0.4, -0.2) is 11.0 Å². The van der Waals surface area contributed by atoms with Crippen molar-refractivity contribution < 1.29 is 0 Å².